The molecule has 3 N–H and O–H groups in total. The predicted molar refractivity (Wildman–Crippen MR) is 129 cm³/mol. The highest BCUT2D eigenvalue weighted by Crippen LogP contribution is 2.11. The number of carbonyl (C=O) groups excluding carboxylic acids is 4. The van der Waals surface area contributed by atoms with Gasteiger partial charge in [0.05, 0.1) is 7.11 Å². The first-order chi connectivity index (χ1) is 15.1. The molecule has 8 nitrogen and oxygen atoms in total. The second kappa shape index (κ2) is 13.7. The summed E-state index contributed by atoms with van der Waals surface area (Å²) >= 11 is 2.17. The molecule has 0 aromatic heterocycles. The molecule has 3 amide bonds. The van der Waals surface area contributed by atoms with Gasteiger partial charge in [0.15, 0.2) is 0 Å². The Hall–Kier alpha value is -2.61. The number of methoxy groups -OCH3 is 1. The lowest BCUT2D eigenvalue weighted by Gasteiger charge is -2.25. The van der Waals surface area contributed by atoms with Crippen molar-refractivity contribution in [2.24, 2.45) is 5.92 Å². The number of hydrogen-bond donors (Lipinski definition) is 3. The number of halogens is 1. The number of rotatable bonds is 11. The van der Waals surface area contributed by atoms with E-state index in [9.17, 15) is 19.2 Å². The third-order valence-electron chi connectivity index (χ3n) is 4.51. The van der Waals surface area contributed by atoms with Crippen LogP contribution in [0.1, 0.15) is 39.2 Å². The molecule has 0 saturated carbocycles. The number of benzene rings is 1. The van der Waals surface area contributed by atoms with Crippen molar-refractivity contribution in [3.63, 3.8) is 0 Å². The van der Waals surface area contributed by atoms with Gasteiger partial charge in [0.25, 0.3) is 0 Å². The summed E-state index contributed by atoms with van der Waals surface area (Å²) < 4.78 is 5.84. The van der Waals surface area contributed by atoms with Crippen molar-refractivity contribution < 1.29 is 23.9 Å². The molecule has 1 rings (SSSR count). The minimum Gasteiger partial charge on any atom is -0.467 e. The topological polar surface area (TPSA) is 114 Å². The van der Waals surface area contributed by atoms with E-state index in [0.717, 1.165) is 9.13 Å². The standard InChI is InChI=1S/C23H30IN3O5/c1-6-7-18(25-15(4)28)21(29)26-19(13-16-8-10-17(24)11-9-16)22(30)27-20(12-14(2)3)23(31)32-5/h1,8-11,14,18-20H,7,12-13H2,2-5H3,(H,25,28)(H,26,29)(H,27,30)/t18-,19-,20-/m0/s1. The number of carbonyl (C=O) groups is 4. The fraction of sp³-hybridized carbons (Fsp3) is 0.478. The van der Waals surface area contributed by atoms with Crippen LogP contribution in [-0.2, 0) is 30.3 Å². The Balaban J connectivity index is 3.11. The van der Waals surface area contributed by atoms with Gasteiger partial charge < -0.3 is 20.7 Å². The molecule has 174 valence electrons. The lowest BCUT2D eigenvalue weighted by Crippen LogP contribution is -2.56. The highest BCUT2D eigenvalue weighted by molar-refractivity contribution is 14.1. The van der Waals surface area contributed by atoms with Gasteiger partial charge in [0.2, 0.25) is 17.7 Å². The highest BCUT2D eigenvalue weighted by atomic mass is 127. The molecule has 0 unspecified atom stereocenters. The van der Waals surface area contributed by atoms with Crippen molar-refractivity contribution in [2.75, 3.05) is 7.11 Å². The first-order valence-corrected chi connectivity index (χ1v) is 11.3. The van der Waals surface area contributed by atoms with E-state index in [1.807, 2.05) is 38.1 Å². The van der Waals surface area contributed by atoms with E-state index >= 15 is 0 Å². The quantitative estimate of drug-likeness (QED) is 0.218. The molecule has 0 heterocycles. The van der Waals surface area contributed by atoms with Gasteiger partial charge in [-0.3, -0.25) is 14.4 Å². The number of nitrogens with one attached hydrogen (secondary N) is 3. The number of amides is 3. The lowest BCUT2D eigenvalue weighted by atomic mass is 10.0. The minimum absolute atomic E-state index is 0.0264. The maximum Gasteiger partial charge on any atom is 0.328 e. The number of hydrogen-bond acceptors (Lipinski definition) is 5. The summed E-state index contributed by atoms with van der Waals surface area (Å²) in [5.74, 6) is 0.390. The molecule has 0 saturated heterocycles. The molecular weight excluding hydrogens is 525 g/mol. The lowest BCUT2D eigenvalue weighted by molar-refractivity contribution is -0.146. The first kappa shape index (κ1) is 27.4. The summed E-state index contributed by atoms with van der Waals surface area (Å²) in [4.78, 5) is 49.5. The van der Waals surface area contributed by atoms with E-state index in [2.05, 4.69) is 44.5 Å². The SMILES string of the molecule is C#CC[C@H](NC(C)=O)C(=O)N[C@@H](Cc1ccc(I)cc1)C(=O)N[C@@H](CC(C)C)C(=O)OC. The highest BCUT2D eigenvalue weighted by Gasteiger charge is 2.30. The summed E-state index contributed by atoms with van der Waals surface area (Å²) in [7, 11) is 1.25. The average Bonchev–Trinajstić information content (AvgIpc) is 2.72. The molecule has 9 heteroatoms. The Morgan fingerprint density at radius 1 is 1.00 bits per heavy atom. The predicted octanol–water partition coefficient (Wildman–Crippen LogP) is 1.55. The Labute approximate surface area is 202 Å². The van der Waals surface area contributed by atoms with Crippen LogP contribution in [0.15, 0.2) is 24.3 Å². The molecule has 0 aliphatic rings. The monoisotopic (exact) mass is 555 g/mol. The summed E-state index contributed by atoms with van der Waals surface area (Å²) in [6.45, 7) is 5.12. The second-order valence-corrected chi connectivity index (χ2v) is 9.01. The Bertz CT molecular complexity index is 848. The van der Waals surface area contributed by atoms with Gasteiger partial charge in [-0.25, -0.2) is 4.79 Å². The van der Waals surface area contributed by atoms with Crippen LogP contribution in [-0.4, -0.2) is 48.9 Å². The van der Waals surface area contributed by atoms with Gasteiger partial charge in [-0.05, 0) is 52.6 Å². The second-order valence-electron chi connectivity index (χ2n) is 7.77. The zero-order chi connectivity index (χ0) is 24.3. The number of terminal acetylenes is 1. The van der Waals surface area contributed by atoms with Gasteiger partial charge in [-0.1, -0.05) is 26.0 Å². The maximum absolute atomic E-state index is 13.1. The molecule has 1 aromatic rings. The summed E-state index contributed by atoms with van der Waals surface area (Å²) in [6, 6.07) is 4.68. The van der Waals surface area contributed by atoms with E-state index in [4.69, 9.17) is 11.2 Å². The molecule has 0 aliphatic heterocycles. The molecule has 32 heavy (non-hydrogen) atoms. The zero-order valence-electron chi connectivity index (χ0n) is 18.7. The van der Waals surface area contributed by atoms with Gasteiger partial charge in [0.1, 0.15) is 18.1 Å². The van der Waals surface area contributed by atoms with Crippen LogP contribution in [0, 0.1) is 21.8 Å². The van der Waals surface area contributed by atoms with E-state index in [1.165, 1.54) is 14.0 Å². The van der Waals surface area contributed by atoms with Crippen molar-refractivity contribution in [1.82, 2.24) is 16.0 Å². The molecule has 0 bridgehead atoms. The Morgan fingerprint density at radius 3 is 2.06 bits per heavy atom. The van der Waals surface area contributed by atoms with Gasteiger partial charge in [-0.2, -0.15) is 0 Å². The van der Waals surface area contributed by atoms with Crippen LogP contribution in [0.5, 0.6) is 0 Å². The molecule has 3 atom stereocenters. The smallest absolute Gasteiger partial charge is 0.328 e. The molecule has 0 fully saturated rings. The average molecular weight is 555 g/mol. The summed E-state index contributed by atoms with van der Waals surface area (Å²) in [6.07, 6.45) is 5.86. The van der Waals surface area contributed by atoms with Gasteiger partial charge >= 0.3 is 5.97 Å². The van der Waals surface area contributed by atoms with Crippen LogP contribution in [0.4, 0.5) is 0 Å². The van der Waals surface area contributed by atoms with Gasteiger partial charge in [-0.15, -0.1) is 12.3 Å². The van der Waals surface area contributed by atoms with Crippen molar-refractivity contribution in [3.05, 3.63) is 33.4 Å². The van der Waals surface area contributed by atoms with Crippen molar-refractivity contribution in [3.8, 4) is 12.3 Å². The van der Waals surface area contributed by atoms with Crippen LogP contribution in [0.3, 0.4) is 0 Å². The van der Waals surface area contributed by atoms with E-state index in [0.29, 0.717) is 6.42 Å². The van der Waals surface area contributed by atoms with Crippen LogP contribution in [0.25, 0.3) is 0 Å². The number of esters is 1. The summed E-state index contributed by atoms with van der Waals surface area (Å²) in [5.41, 5.74) is 0.817. The molecule has 1 aromatic carbocycles. The van der Waals surface area contributed by atoms with E-state index < -0.39 is 41.8 Å². The number of ether oxygens (including phenoxy) is 1. The Morgan fingerprint density at radius 2 is 1.56 bits per heavy atom. The zero-order valence-corrected chi connectivity index (χ0v) is 20.9. The van der Waals surface area contributed by atoms with E-state index in [-0.39, 0.29) is 18.8 Å². The Kier molecular flexibility index (Phi) is 11.8. The van der Waals surface area contributed by atoms with Gasteiger partial charge in [0, 0.05) is 23.3 Å². The van der Waals surface area contributed by atoms with Crippen molar-refractivity contribution >= 4 is 46.3 Å². The van der Waals surface area contributed by atoms with E-state index in [1.54, 1.807) is 0 Å². The molecule has 0 spiro atoms. The van der Waals surface area contributed by atoms with Crippen molar-refractivity contribution in [1.29, 1.82) is 0 Å². The third kappa shape index (κ3) is 9.68. The third-order valence-corrected chi connectivity index (χ3v) is 5.23. The fourth-order valence-corrected chi connectivity index (χ4v) is 3.37. The molecular formula is C23H30IN3O5. The summed E-state index contributed by atoms with van der Waals surface area (Å²) in [5, 5.41) is 7.85. The van der Waals surface area contributed by atoms with Crippen LogP contribution in [0.2, 0.25) is 0 Å². The maximum atomic E-state index is 13.1. The largest absolute Gasteiger partial charge is 0.467 e. The van der Waals surface area contributed by atoms with Crippen LogP contribution >= 0.6 is 22.6 Å². The normalized spacial score (nSPS) is 13.3. The minimum atomic E-state index is -0.990. The first-order valence-electron chi connectivity index (χ1n) is 10.2. The molecule has 0 radical (unpaired) electrons. The van der Waals surface area contributed by atoms with Crippen molar-refractivity contribution in [2.45, 2.75) is 58.2 Å². The fourth-order valence-electron chi connectivity index (χ4n) is 3.01. The molecule has 0 aliphatic carbocycles. The van der Waals surface area contributed by atoms with Crippen LogP contribution < -0.4 is 16.0 Å².